The summed E-state index contributed by atoms with van der Waals surface area (Å²) in [6.45, 7) is -0.701. The van der Waals surface area contributed by atoms with Crippen LogP contribution in [0.2, 0.25) is 10.0 Å². The topological polar surface area (TPSA) is 98.9 Å². The first kappa shape index (κ1) is 19.5. The standard InChI is InChI=1S/C17H11Cl2NO6/c18-11-3-6-16(14(19)9-11)26-12-4-5-15(20(23)24)13(10-12)17(22)25-8-2-1-7-21/h3-6,9-10,21H,7-8H2. The number of carbonyl (C=O) groups excluding carboxylic acids is 1. The second kappa shape index (κ2) is 9.06. The Hall–Kier alpha value is -2.79. The molecule has 134 valence electrons. The molecular formula is C17H11Cl2NO6. The van der Waals surface area contributed by atoms with Crippen molar-refractivity contribution in [2.24, 2.45) is 0 Å². The summed E-state index contributed by atoms with van der Waals surface area (Å²) in [5.74, 6) is 4.13. The van der Waals surface area contributed by atoms with E-state index < -0.39 is 16.6 Å². The fourth-order valence-electron chi connectivity index (χ4n) is 1.87. The van der Waals surface area contributed by atoms with Crippen molar-refractivity contribution in [2.75, 3.05) is 13.2 Å². The zero-order chi connectivity index (χ0) is 19.1. The number of nitrogens with zero attached hydrogens (tertiary/aromatic N) is 1. The summed E-state index contributed by atoms with van der Waals surface area (Å²) in [7, 11) is 0. The Kier molecular flexibility index (Phi) is 6.81. The first-order valence-corrected chi connectivity index (χ1v) is 7.83. The molecule has 2 rings (SSSR count). The fraction of sp³-hybridized carbons (Fsp3) is 0.118. The van der Waals surface area contributed by atoms with Gasteiger partial charge in [-0.15, -0.1) is 0 Å². The summed E-state index contributed by atoms with van der Waals surface area (Å²) >= 11 is 11.8. The highest BCUT2D eigenvalue weighted by atomic mass is 35.5. The molecule has 0 unspecified atom stereocenters. The van der Waals surface area contributed by atoms with Gasteiger partial charge in [0.1, 0.15) is 23.7 Å². The smallest absolute Gasteiger partial charge is 0.346 e. The number of rotatable bonds is 5. The van der Waals surface area contributed by atoms with Crippen molar-refractivity contribution >= 4 is 34.9 Å². The molecule has 0 saturated heterocycles. The molecule has 0 aromatic heterocycles. The molecule has 0 bridgehead atoms. The quantitative estimate of drug-likeness (QED) is 0.357. The van der Waals surface area contributed by atoms with Crippen molar-refractivity contribution in [3.63, 3.8) is 0 Å². The number of hydrogen-bond donors (Lipinski definition) is 1. The van der Waals surface area contributed by atoms with E-state index in [1.807, 2.05) is 0 Å². The van der Waals surface area contributed by atoms with E-state index >= 15 is 0 Å². The minimum absolute atomic E-state index is 0.146. The molecule has 0 aliphatic rings. The Labute approximate surface area is 158 Å². The Bertz CT molecular complexity index is 904. The van der Waals surface area contributed by atoms with Crippen molar-refractivity contribution in [1.29, 1.82) is 0 Å². The minimum Gasteiger partial charge on any atom is -0.456 e. The molecule has 7 nitrogen and oxygen atoms in total. The van der Waals surface area contributed by atoms with Crippen molar-refractivity contribution in [3.05, 3.63) is 62.1 Å². The lowest BCUT2D eigenvalue weighted by atomic mass is 10.1. The van der Waals surface area contributed by atoms with Gasteiger partial charge >= 0.3 is 5.97 Å². The molecule has 0 heterocycles. The van der Waals surface area contributed by atoms with E-state index in [0.29, 0.717) is 5.02 Å². The molecule has 0 atom stereocenters. The van der Waals surface area contributed by atoms with Gasteiger partial charge in [-0.2, -0.15) is 0 Å². The zero-order valence-corrected chi connectivity index (χ0v) is 14.6. The lowest BCUT2D eigenvalue weighted by Crippen LogP contribution is -2.09. The summed E-state index contributed by atoms with van der Waals surface area (Å²) in [6.07, 6.45) is 0. The van der Waals surface area contributed by atoms with Gasteiger partial charge in [0.25, 0.3) is 5.69 Å². The van der Waals surface area contributed by atoms with Crippen LogP contribution >= 0.6 is 23.2 Å². The molecule has 0 spiro atoms. The largest absolute Gasteiger partial charge is 0.456 e. The molecule has 26 heavy (non-hydrogen) atoms. The predicted octanol–water partition coefficient (Wildman–Crippen LogP) is 3.85. The molecular weight excluding hydrogens is 385 g/mol. The summed E-state index contributed by atoms with van der Waals surface area (Å²) in [5.41, 5.74) is -0.747. The second-order valence-electron chi connectivity index (χ2n) is 4.70. The van der Waals surface area contributed by atoms with E-state index in [-0.39, 0.29) is 35.3 Å². The van der Waals surface area contributed by atoms with E-state index in [4.69, 9.17) is 37.8 Å². The van der Waals surface area contributed by atoms with Gasteiger partial charge in [-0.25, -0.2) is 4.79 Å². The van der Waals surface area contributed by atoms with Crippen LogP contribution in [0.5, 0.6) is 11.5 Å². The predicted molar refractivity (Wildman–Crippen MR) is 94.8 cm³/mol. The SMILES string of the molecule is O=C(OCC#CCO)c1cc(Oc2ccc(Cl)cc2Cl)ccc1[N+](=O)[O-]. The van der Waals surface area contributed by atoms with Gasteiger partial charge in [0.2, 0.25) is 0 Å². The number of benzene rings is 2. The molecule has 2 aromatic rings. The summed E-state index contributed by atoms with van der Waals surface area (Å²) in [6, 6.07) is 8.17. The van der Waals surface area contributed by atoms with Gasteiger partial charge in [-0.1, -0.05) is 35.0 Å². The second-order valence-corrected chi connectivity index (χ2v) is 5.54. The maximum Gasteiger partial charge on any atom is 0.346 e. The third-order valence-electron chi connectivity index (χ3n) is 2.99. The van der Waals surface area contributed by atoms with Crippen LogP contribution in [0.4, 0.5) is 5.69 Å². The number of ether oxygens (including phenoxy) is 2. The molecule has 0 aliphatic carbocycles. The van der Waals surface area contributed by atoms with Gasteiger partial charge in [0.15, 0.2) is 6.61 Å². The molecule has 2 aromatic carbocycles. The Morgan fingerprint density at radius 2 is 1.96 bits per heavy atom. The highest BCUT2D eigenvalue weighted by molar-refractivity contribution is 6.35. The average Bonchev–Trinajstić information content (AvgIpc) is 2.60. The van der Waals surface area contributed by atoms with Crippen LogP contribution in [-0.2, 0) is 4.74 Å². The molecule has 0 fully saturated rings. The summed E-state index contributed by atoms with van der Waals surface area (Å²) in [4.78, 5) is 22.5. The van der Waals surface area contributed by atoms with E-state index in [1.165, 1.54) is 24.3 Å². The van der Waals surface area contributed by atoms with Crippen LogP contribution in [0.3, 0.4) is 0 Å². The Morgan fingerprint density at radius 1 is 1.19 bits per heavy atom. The molecule has 9 heteroatoms. The van der Waals surface area contributed by atoms with Crippen LogP contribution in [-0.4, -0.2) is 29.2 Å². The van der Waals surface area contributed by atoms with Crippen LogP contribution in [0.25, 0.3) is 0 Å². The van der Waals surface area contributed by atoms with Crippen LogP contribution < -0.4 is 4.74 Å². The molecule has 0 saturated carbocycles. The maximum atomic E-state index is 12.1. The van der Waals surface area contributed by atoms with Crippen molar-refractivity contribution in [3.8, 4) is 23.3 Å². The van der Waals surface area contributed by atoms with E-state index in [9.17, 15) is 14.9 Å². The summed E-state index contributed by atoms with van der Waals surface area (Å²) < 4.78 is 10.4. The Balaban J connectivity index is 2.29. The number of nitro groups is 1. The van der Waals surface area contributed by atoms with Crippen LogP contribution in [0, 0.1) is 22.0 Å². The van der Waals surface area contributed by atoms with Gasteiger partial charge in [-0.3, -0.25) is 10.1 Å². The first-order valence-electron chi connectivity index (χ1n) is 7.07. The van der Waals surface area contributed by atoms with Gasteiger partial charge in [0.05, 0.1) is 9.95 Å². The third kappa shape index (κ3) is 5.10. The van der Waals surface area contributed by atoms with E-state index in [1.54, 1.807) is 6.07 Å². The van der Waals surface area contributed by atoms with Gasteiger partial charge in [-0.05, 0) is 24.3 Å². The number of halogens is 2. The number of carbonyl (C=O) groups is 1. The number of aliphatic hydroxyl groups is 1. The maximum absolute atomic E-state index is 12.1. The molecule has 1 N–H and O–H groups in total. The molecule has 0 radical (unpaired) electrons. The van der Waals surface area contributed by atoms with Crippen LogP contribution in [0.1, 0.15) is 10.4 Å². The highest BCUT2D eigenvalue weighted by Crippen LogP contribution is 2.33. The van der Waals surface area contributed by atoms with E-state index in [2.05, 4.69) is 11.8 Å². The highest BCUT2D eigenvalue weighted by Gasteiger charge is 2.22. The van der Waals surface area contributed by atoms with Crippen molar-refractivity contribution in [2.45, 2.75) is 0 Å². The lowest BCUT2D eigenvalue weighted by Gasteiger charge is -2.09. The molecule has 0 amide bonds. The Morgan fingerprint density at radius 3 is 2.62 bits per heavy atom. The normalized spacial score (nSPS) is 9.81. The number of aliphatic hydroxyl groups excluding tert-OH is 1. The monoisotopic (exact) mass is 395 g/mol. The van der Waals surface area contributed by atoms with Gasteiger partial charge < -0.3 is 14.6 Å². The van der Waals surface area contributed by atoms with Gasteiger partial charge in [0, 0.05) is 17.2 Å². The number of esters is 1. The lowest BCUT2D eigenvalue weighted by molar-refractivity contribution is -0.385. The molecule has 0 aliphatic heterocycles. The third-order valence-corrected chi connectivity index (χ3v) is 3.52. The van der Waals surface area contributed by atoms with Crippen LogP contribution in [0.15, 0.2) is 36.4 Å². The zero-order valence-electron chi connectivity index (χ0n) is 13.1. The fourth-order valence-corrected chi connectivity index (χ4v) is 2.32. The van der Waals surface area contributed by atoms with E-state index in [0.717, 1.165) is 6.07 Å². The summed E-state index contributed by atoms with van der Waals surface area (Å²) in [5, 5.41) is 20.3. The van der Waals surface area contributed by atoms with Crippen molar-refractivity contribution in [1.82, 2.24) is 0 Å². The number of nitro benzene ring substituents is 1. The average molecular weight is 396 g/mol. The first-order chi connectivity index (χ1) is 12.4. The number of hydrogen-bond acceptors (Lipinski definition) is 6. The van der Waals surface area contributed by atoms with Crippen molar-refractivity contribution < 1.29 is 24.3 Å². The minimum atomic E-state index is -0.948.